The number of piperazine rings is 1. The molecule has 0 spiro atoms. The SMILES string of the molecule is CCC1C(=O)NCCN1CC(C)C#N. The van der Waals surface area contributed by atoms with Crippen LogP contribution in [0.15, 0.2) is 0 Å². The first-order valence-corrected chi connectivity index (χ1v) is 5.10. The van der Waals surface area contributed by atoms with E-state index in [1.807, 2.05) is 13.8 Å². The van der Waals surface area contributed by atoms with Crippen LogP contribution in [0.2, 0.25) is 0 Å². The molecule has 78 valence electrons. The topological polar surface area (TPSA) is 56.1 Å². The van der Waals surface area contributed by atoms with Gasteiger partial charge in [0.05, 0.1) is 18.0 Å². The second kappa shape index (κ2) is 4.97. The average Bonchev–Trinajstić information content (AvgIpc) is 2.18. The maximum Gasteiger partial charge on any atom is 0.237 e. The fourth-order valence-electron chi connectivity index (χ4n) is 1.82. The number of nitrogens with one attached hydrogen (secondary N) is 1. The highest BCUT2D eigenvalue weighted by Crippen LogP contribution is 2.10. The van der Waals surface area contributed by atoms with Crippen LogP contribution < -0.4 is 5.32 Å². The molecule has 4 nitrogen and oxygen atoms in total. The van der Waals surface area contributed by atoms with Gasteiger partial charge in [-0.05, 0) is 13.3 Å². The molecule has 1 rings (SSSR count). The van der Waals surface area contributed by atoms with Crippen LogP contribution in [-0.2, 0) is 4.79 Å². The fraction of sp³-hybridized carbons (Fsp3) is 0.800. The van der Waals surface area contributed by atoms with Gasteiger partial charge in [0.15, 0.2) is 0 Å². The Bertz CT molecular complexity index is 246. The molecule has 14 heavy (non-hydrogen) atoms. The number of nitrogens with zero attached hydrogens (tertiary/aromatic N) is 2. The summed E-state index contributed by atoms with van der Waals surface area (Å²) in [6.45, 7) is 6.14. The van der Waals surface area contributed by atoms with Crippen molar-refractivity contribution in [1.29, 1.82) is 5.26 Å². The van der Waals surface area contributed by atoms with E-state index in [9.17, 15) is 4.79 Å². The standard InChI is InChI=1S/C10H17N3O/c1-3-9-10(14)12-4-5-13(9)7-8(2)6-11/h8-9H,3-5,7H2,1-2H3,(H,12,14). The molecule has 1 fully saturated rings. The largest absolute Gasteiger partial charge is 0.353 e. The molecule has 0 aromatic carbocycles. The summed E-state index contributed by atoms with van der Waals surface area (Å²) in [7, 11) is 0. The zero-order chi connectivity index (χ0) is 10.6. The molecule has 2 unspecified atom stereocenters. The van der Waals surface area contributed by atoms with Gasteiger partial charge in [0, 0.05) is 19.6 Å². The molecule has 0 aromatic heterocycles. The minimum absolute atomic E-state index is 0.00468. The molecule has 0 radical (unpaired) electrons. The Kier molecular flexibility index (Phi) is 3.90. The van der Waals surface area contributed by atoms with Crippen molar-refractivity contribution in [3.63, 3.8) is 0 Å². The van der Waals surface area contributed by atoms with Gasteiger partial charge in [-0.3, -0.25) is 9.69 Å². The predicted octanol–water partition coefficient (Wildman–Crippen LogP) is 0.356. The predicted molar refractivity (Wildman–Crippen MR) is 53.4 cm³/mol. The lowest BCUT2D eigenvalue weighted by Crippen LogP contribution is -2.55. The Labute approximate surface area is 84.9 Å². The Hall–Kier alpha value is -1.08. The highest BCUT2D eigenvalue weighted by molar-refractivity contribution is 5.82. The average molecular weight is 195 g/mol. The summed E-state index contributed by atoms with van der Waals surface area (Å²) in [6.07, 6.45) is 0.810. The minimum atomic E-state index is -0.0421. The molecule has 0 bridgehead atoms. The molecule has 1 aliphatic heterocycles. The Morgan fingerprint density at radius 3 is 3.07 bits per heavy atom. The maximum atomic E-state index is 11.5. The van der Waals surface area contributed by atoms with E-state index in [4.69, 9.17) is 5.26 Å². The summed E-state index contributed by atoms with van der Waals surface area (Å²) >= 11 is 0. The molecular formula is C10H17N3O. The van der Waals surface area contributed by atoms with E-state index in [1.54, 1.807) is 0 Å². The Morgan fingerprint density at radius 1 is 1.79 bits per heavy atom. The number of amides is 1. The summed E-state index contributed by atoms with van der Waals surface area (Å²) < 4.78 is 0. The zero-order valence-corrected chi connectivity index (χ0v) is 8.79. The van der Waals surface area contributed by atoms with Crippen molar-refractivity contribution >= 4 is 5.91 Å². The first-order chi connectivity index (χ1) is 6.69. The Balaban J connectivity index is 2.57. The van der Waals surface area contributed by atoms with Crippen molar-refractivity contribution in [2.45, 2.75) is 26.3 Å². The third-order valence-electron chi connectivity index (χ3n) is 2.56. The van der Waals surface area contributed by atoms with Crippen LogP contribution in [-0.4, -0.2) is 36.5 Å². The van der Waals surface area contributed by atoms with E-state index in [-0.39, 0.29) is 17.9 Å². The van der Waals surface area contributed by atoms with Gasteiger partial charge in [-0.2, -0.15) is 5.26 Å². The molecule has 4 heteroatoms. The maximum absolute atomic E-state index is 11.5. The van der Waals surface area contributed by atoms with Crippen LogP contribution in [0.4, 0.5) is 0 Å². The smallest absolute Gasteiger partial charge is 0.237 e. The van der Waals surface area contributed by atoms with Gasteiger partial charge < -0.3 is 5.32 Å². The van der Waals surface area contributed by atoms with E-state index in [1.165, 1.54) is 0 Å². The monoisotopic (exact) mass is 195 g/mol. The molecule has 0 saturated carbocycles. The second-order valence-corrected chi connectivity index (χ2v) is 3.74. The van der Waals surface area contributed by atoms with Gasteiger partial charge in [0.2, 0.25) is 5.91 Å². The van der Waals surface area contributed by atoms with Crippen LogP contribution in [0.1, 0.15) is 20.3 Å². The summed E-state index contributed by atoms with van der Waals surface area (Å²) in [5.74, 6) is 0.0961. The minimum Gasteiger partial charge on any atom is -0.353 e. The van der Waals surface area contributed by atoms with E-state index >= 15 is 0 Å². The van der Waals surface area contributed by atoms with Crippen LogP contribution in [0.25, 0.3) is 0 Å². The highest BCUT2D eigenvalue weighted by Gasteiger charge is 2.28. The van der Waals surface area contributed by atoms with Crippen LogP contribution in [0.3, 0.4) is 0 Å². The number of hydrogen-bond donors (Lipinski definition) is 1. The van der Waals surface area contributed by atoms with E-state index in [2.05, 4.69) is 16.3 Å². The molecule has 1 amide bonds. The highest BCUT2D eigenvalue weighted by atomic mass is 16.2. The van der Waals surface area contributed by atoms with Crippen molar-refractivity contribution in [1.82, 2.24) is 10.2 Å². The second-order valence-electron chi connectivity index (χ2n) is 3.74. The molecule has 0 aliphatic carbocycles. The van der Waals surface area contributed by atoms with Crippen molar-refractivity contribution in [2.24, 2.45) is 5.92 Å². The molecule has 1 heterocycles. The van der Waals surface area contributed by atoms with Gasteiger partial charge in [-0.1, -0.05) is 6.92 Å². The van der Waals surface area contributed by atoms with E-state index in [0.29, 0.717) is 13.1 Å². The number of nitriles is 1. The fourth-order valence-corrected chi connectivity index (χ4v) is 1.82. The summed E-state index contributed by atoms with van der Waals surface area (Å²) in [6, 6.07) is 2.16. The first kappa shape index (κ1) is 11.0. The molecule has 2 atom stereocenters. The summed E-state index contributed by atoms with van der Waals surface area (Å²) in [4.78, 5) is 13.6. The van der Waals surface area contributed by atoms with Gasteiger partial charge in [-0.25, -0.2) is 0 Å². The first-order valence-electron chi connectivity index (χ1n) is 5.10. The third-order valence-corrected chi connectivity index (χ3v) is 2.56. The van der Waals surface area contributed by atoms with Crippen molar-refractivity contribution in [2.75, 3.05) is 19.6 Å². The number of carbonyl (C=O) groups excluding carboxylic acids is 1. The van der Waals surface area contributed by atoms with Crippen LogP contribution in [0.5, 0.6) is 0 Å². The van der Waals surface area contributed by atoms with Crippen molar-refractivity contribution < 1.29 is 4.79 Å². The number of carbonyl (C=O) groups is 1. The number of hydrogen-bond acceptors (Lipinski definition) is 3. The lowest BCUT2D eigenvalue weighted by atomic mass is 10.1. The van der Waals surface area contributed by atoms with E-state index < -0.39 is 0 Å². The van der Waals surface area contributed by atoms with Crippen molar-refractivity contribution in [3.8, 4) is 6.07 Å². The van der Waals surface area contributed by atoms with Crippen LogP contribution in [0, 0.1) is 17.2 Å². The number of rotatable bonds is 3. The summed E-state index contributed by atoms with van der Waals surface area (Å²) in [5, 5.41) is 11.6. The van der Waals surface area contributed by atoms with Gasteiger partial charge in [-0.15, -0.1) is 0 Å². The van der Waals surface area contributed by atoms with E-state index in [0.717, 1.165) is 13.0 Å². The molecular weight excluding hydrogens is 178 g/mol. The normalized spacial score (nSPS) is 25.2. The quantitative estimate of drug-likeness (QED) is 0.707. The lowest BCUT2D eigenvalue weighted by molar-refractivity contribution is -0.129. The zero-order valence-electron chi connectivity index (χ0n) is 8.79. The van der Waals surface area contributed by atoms with Gasteiger partial charge in [0.1, 0.15) is 0 Å². The molecule has 1 N–H and O–H groups in total. The molecule has 1 aliphatic rings. The third kappa shape index (κ3) is 2.46. The molecule has 1 saturated heterocycles. The summed E-state index contributed by atoms with van der Waals surface area (Å²) in [5.41, 5.74) is 0. The van der Waals surface area contributed by atoms with Crippen molar-refractivity contribution in [3.05, 3.63) is 0 Å². The lowest BCUT2D eigenvalue weighted by Gasteiger charge is -2.34. The van der Waals surface area contributed by atoms with Gasteiger partial charge >= 0.3 is 0 Å². The van der Waals surface area contributed by atoms with Crippen LogP contribution >= 0.6 is 0 Å². The van der Waals surface area contributed by atoms with Gasteiger partial charge in [0.25, 0.3) is 0 Å². The molecule has 0 aromatic rings. The Morgan fingerprint density at radius 2 is 2.50 bits per heavy atom.